The summed E-state index contributed by atoms with van der Waals surface area (Å²) in [7, 11) is 0. The summed E-state index contributed by atoms with van der Waals surface area (Å²) < 4.78 is 5.76. The molecule has 0 radical (unpaired) electrons. The molecule has 1 aliphatic rings. The van der Waals surface area contributed by atoms with E-state index < -0.39 is 0 Å². The van der Waals surface area contributed by atoms with Crippen molar-refractivity contribution in [3.05, 3.63) is 40.9 Å². The lowest BCUT2D eigenvalue weighted by molar-refractivity contribution is 0.112. The van der Waals surface area contributed by atoms with Gasteiger partial charge in [0.15, 0.2) is 0 Å². The number of rotatable bonds is 4. The maximum absolute atomic E-state index is 10.6. The summed E-state index contributed by atoms with van der Waals surface area (Å²) in [5.41, 5.74) is 0.571. The highest BCUT2D eigenvalue weighted by Crippen LogP contribution is 2.29. The van der Waals surface area contributed by atoms with Crippen molar-refractivity contribution in [2.45, 2.75) is 19.8 Å². The first-order chi connectivity index (χ1) is 8.70. The number of halogens is 1. The van der Waals surface area contributed by atoms with Gasteiger partial charge in [-0.05, 0) is 42.9 Å². The van der Waals surface area contributed by atoms with Crippen LogP contribution in [-0.2, 0) is 0 Å². The first kappa shape index (κ1) is 13.2. The molecule has 96 valence electrons. The molecule has 2 atom stereocenters. The van der Waals surface area contributed by atoms with Crippen LogP contribution in [-0.4, -0.2) is 12.9 Å². The van der Waals surface area contributed by atoms with E-state index >= 15 is 0 Å². The molecule has 2 rings (SSSR count). The third-order valence-electron chi connectivity index (χ3n) is 3.46. The lowest BCUT2D eigenvalue weighted by Gasteiger charge is -2.25. The molecule has 2 nitrogen and oxygen atoms in total. The molecular formula is C15H17ClO2. The van der Waals surface area contributed by atoms with E-state index in [2.05, 4.69) is 19.1 Å². The van der Waals surface area contributed by atoms with Crippen LogP contribution in [0.15, 0.2) is 30.4 Å². The zero-order chi connectivity index (χ0) is 13.0. The molecule has 0 aromatic heterocycles. The van der Waals surface area contributed by atoms with E-state index in [9.17, 15) is 4.79 Å². The number of allylic oxidation sites excluding steroid dienone is 2. The molecule has 0 N–H and O–H groups in total. The van der Waals surface area contributed by atoms with Gasteiger partial charge in [-0.2, -0.15) is 0 Å². The fourth-order valence-corrected chi connectivity index (χ4v) is 2.39. The number of benzene rings is 1. The molecule has 1 aromatic rings. The Morgan fingerprint density at radius 2 is 2.17 bits per heavy atom. The van der Waals surface area contributed by atoms with E-state index in [1.807, 2.05) is 0 Å². The molecule has 0 aliphatic heterocycles. The van der Waals surface area contributed by atoms with Gasteiger partial charge in [0.05, 0.1) is 11.6 Å². The Morgan fingerprint density at radius 1 is 1.39 bits per heavy atom. The fourth-order valence-electron chi connectivity index (χ4n) is 2.14. The standard InChI is InChI=1S/C15H17ClO2/c1-11-4-2-3-5-13(11)10-18-15-7-6-12(9-17)8-14(15)16/h2-3,6-9,11,13H,4-5,10H2,1H3. The van der Waals surface area contributed by atoms with E-state index in [1.165, 1.54) is 0 Å². The molecule has 18 heavy (non-hydrogen) atoms. The van der Waals surface area contributed by atoms with E-state index in [4.69, 9.17) is 16.3 Å². The smallest absolute Gasteiger partial charge is 0.150 e. The van der Waals surface area contributed by atoms with E-state index in [-0.39, 0.29) is 0 Å². The van der Waals surface area contributed by atoms with Crippen molar-refractivity contribution in [2.24, 2.45) is 11.8 Å². The van der Waals surface area contributed by atoms with Gasteiger partial charge in [-0.25, -0.2) is 0 Å². The predicted molar refractivity (Wildman–Crippen MR) is 73.4 cm³/mol. The first-order valence-electron chi connectivity index (χ1n) is 6.23. The molecule has 1 aliphatic carbocycles. The average Bonchev–Trinajstić information content (AvgIpc) is 2.39. The monoisotopic (exact) mass is 264 g/mol. The maximum atomic E-state index is 10.6. The zero-order valence-electron chi connectivity index (χ0n) is 10.4. The van der Waals surface area contributed by atoms with Crippen LogP contribution in [0.2, 0.25) is 5.02 Å². The average molecular weight is 265 g/mol. The van der Waals surface area contributed by atoms with E-state index in [0.29, 0.717) is 34.8 Å². The summed E-state index contributed by atoms with van der Waals surface area (Å²) in [4.78, 5) is 10.6. The van der Waals surface area contributed by atoms with Crippen LogP contribution in [0, 0.1) is 11.8 Å². The second-order valence-corrected chi connectivity index (χ2v) is 5.21. The van der Waals surface area contributed by atoms with Crippen LogP contribution in [0.3, 0.4) is 0 Å². The molecule has 0 fully saturated rings. The fraction of sp³-hybridized carbons (Fsp3) is 0.400. The van der Waals surface area contributed by atoms with Crippen molar-refractivity contribution >= 4 is 17.9 Å². The summed E-state index contributed by atoms with van der Waals surface area (Å²) in [5.74, 6) is 1.84. The summed E-state index contributed by atoms with van der Waals surface area (Å²) in [6.07, 6.45) is 7.40. The normalized spacial score (nSPS) is 22.8. The van der Waals surface area contributed by atoms with Gasteiger partial charge in [-0.3, -0.25) is 4.79 Å². The Kier molecular flexibility index (Phi) is 4.43. The number of hydrogen-bond acceptors (Lipinski definition) is 2. The lowest BCUT2D eigenvalue weighted by atomic mass is 9.85. The van der Waals surface area contributed by atoms with Gasteiger partial charge in [-0.15, -0.1) is 0 Å². The van der Waals surface area contributed by atoms with Gasteiger partial charge >= 0.3 is 0 Å². The summed E-state index contributed by atoms with van der Waals surface area (Å²) in [6, 6.07) is 5.11. The van der Waals surface area contributed by atoms with Gasteiger partial charge in [0.25, 0.3) is 0 Å². The molecule has 3 heteroatoms. The molecule has 0 saturated heterocycles. The van der Waals surface area contributed by atoms with Crippen molar-refractivity contribution in [1.29, 1.82) is 0 Å². The minimum absolute atomic E-state index is 0.499. The second-order valence-electron chi connectivity index (χ2n) is 4.80. The van der Waals surface area contributed by atoms with Gasteiger partial charge in [0.2, 0.25) is 0 Å². The number of aldehydes is 1. The van der Waals surface area contributed by atoms with Crippen LogP contribution in [0.25, 0.3) is 0 Å². The maximum Gasteiger partial charge on any atom is 0.150 e. The molecule has 2 unspecified atom stereocenters. The Morgan fingerprint density at radius 3 is 2.83 bits per heavy atom. The number of ether oxygens (including phenoxy) is 1. The van der Waals surface area contributed by atoms with Gasteiger partial charge in [0.1, 0.15) is 12.0 Å². The Balaban J connectivity index is 1.97. The molecule has 1 aromatic carbocycles. The quantitative estimate of drug-likeness (QED) is 0.604. The summed E-state index contributed by atoms with van der Waals surface area (Å²) in [6.45, 7) is 2.92. The summed E-state index contributed by atoms with van der Waals surface area (Å²) >= 11 is 6.06. The molecular weight excluding hydrogens is 248 g/mol. The van der Waals surface area contributed by atoms with Crippen LogP contribution < -0.4 is 4.74 Å². The highest BCUT2D eigenvalue weighted by atomic mass is 35.5. The largest absolute Gasteiger partial charge is 0.492 e. The van der Waals surface area contributed by atoms with Crippen molar-refractivity contribution in [3.63, 3.8) is 0 Å². The van der Waals surface area contributed by atoms with Crippen molar-refractivity contribution in [1.82, 2.24) is 0 Å². The van der Waals surface area contributed by atoms with Gasteiger partial charge < -0.3 is 4.74 Å². The third kappa shape index (κ3) is 3.14. The van der Waals surface area contributed by atoms with Crippen LogP contribution in [0.1, 0.15) is 30.1 Å². The topological polar surface area (TPSA) is 26.3 Å². The molecule has 0 bridgehead atoms. The summed E-state index contributed by atoms with van der Waals surface area (Å²) in [5, 5.41) is 0.499. The van der Waals surface area contributed by atoms with E-state index in [0.717, 1.165) is 19.1 Å². The van der Waals surface area contributed by atoms with Crippen LogP contribution >= 0.6 is 11.6 Å². The minimum Gasteiger partial charge on any atom is -0.492 e. The highest BCUT2D eigenvalue weighted by molar-refractivity contribution is 6.32. The second kappa shape index (κ2) is 6.05. The lowest BCUT2D eigenvalue weighted by Crippen LogP contribution is -2.21. The van der Waals surface area contributed by atoms with Crippen LogP contribution in [0.4, 0.5) is 0 Å². The third-order valence-corrected chi connectivity index (χ3v) is 3.76. The SMILES string of the molecule is CC1CC=CCC1COc1ccc(C=O)cc1Cl. The van der Waals surface area contributed by atoms with Gasteiger partial charge in [-0.1, -0.05) is 30.7 Å². The zero-order valence-corrected chi connectivity index (χ0v) is 11.2. The van der Waals surface area contributed by atoms with Crippen molar-refractivity contribution in [3.8, 4) is 5.75 Å². The Labute approximate surface area is 113 Å². The number of carbonyl (C=O) groups is 1. The molecule has 0 spiro atoms. The first-order valence-corrected chi connectivity index (χ1v) is 6.61. The van der Waals surface area contributed by atoms with Crippen LogP contribution in [0.5, 0.6) is 5.75 Å². The predicted octanol–water partition coefficient (Wildman–Crippen LogP) is 4.13. The van der Waals surface area contributed by atoms with Crippen molar-refractivity contribution < 1.29 is 9.53 Å². The molecule has 0 saturated carbocycles. The Bertz CT molecular complexity index is 454. The molecule has 0 amide bonds. The Hall–Kier alpha value is -1.28. The number of carbonyl (C=O) groups excluding carboxylic acids is 1. The molecule has 0 heterocycles. The minimum atomic E-state index is 0.499. The number of hydrogen-bond donors (Lipinski definition) is 0. The van der Waals surface area contributed by atoms with E-state index in [1.54, 1.807) is 18.2 Å². The van der Waals surface area contributed by atoms with Gasteiger partial charge in [0, 0.05) is 5.56 Å². The highest BCUT2D eigenvalue weighted by Gasteiger charge is 2.19. The van der Waals surface area contributed by atoms with Crippen molar-refractivity contribution in [2.75, 3.05) is 6.61 Å².